The van der Waals surface area contributed by atoms with Gasteiger partial charge in [0.1, 0.15) is 11.9 Å². The van der Waals surface area contributed by atoms with Gasteiger partial charge in [0.2, 0.25) is 0 Å². The van der Waals surface area contributed by atoms with Gasteiger partial charge in [0.15, 0.2) is 0 Å². The fraction of sp³-hybridized carbons (Fsp3) is 0.385. The molecule has 0 aliphatic rings. The fourth-order valence-corrected chi connectivity index (χ4v) is 1.42. The molecule has 0 aromatic heterocycles. The van der Waals surface area contributed by atoms with Crippen LogP contribution in [-0.4, -0.2) is 26.4 Å². The van der Waals surface area contributed by atoms with Crippen LogP contribution >= 0.6 is 0 Å². The van der Waals surface area contributed by atoms with E-state index in [4.69, 9.17) is 15.2 Å². The Balaban J connectivity index is 2.78. The molecule has 0 bridgehead atoms. The van der Waals surface area contributed by atoms with Crippen LogP contribution in [0.1, 0.15) is 12.5 Å². The number of hydrogen-bond acceptors (Lipinski definition) is 3. The number of nitrogens with two attached hydrogens (primary N) is 1. The Morgan fingerprint density at radius 2 is 2.12 bits per heavy atom. The van der Waals surface area contributed by atoms with Gasteiger partial charge in [0, 0.05) is 19.2 Å². The van der Waals surface area contributed by atoms with E-state index in [0.29, 0.717) is 13.2 Å². The lowest BCUT2D eigenvalue weighted by molar-refractivity contribution is 0.0859. The molecule has 1 unspecified atom stereocenters. The lowest BCUT2D eigenvalue weighted by Gasteiger charge is -2.17. The molecular weight excluding hydrogens is 202 g/mol. The van der Waals surface area contributed by atoms with E-state index in [1.54, 1.807) is 7.11 Å². The van der Waals surface area contributed by atoms with Gasteiger partial charge in [-0.15, -0.1) is 0 Å². The van der Waals surface area contributed by atoms with Crippen LogP contribution < -0.4 is 10.5 Å². The van der Waals surface area contributed by atoms with Crippen LogP contribution in [0.25, 0.3) is 6.08 Å². The van der Waals surface area contributed by atoms with E-state index >= 15 is 0 Å². The van der Waals surface area contributed by atoms with E-state index in [9.17, 15) is 0 Å². The highest BCUT2D eigenvalue weighted by atomic mass is 16.5. The summed E-state index contributed by atoms with van der Waals surface area (Å²) in [5.74, 6) is 0.841. The maximum Gasteiger partial charge on any atom is 0.134 e. The van der Waals surface area contributed by atoms with Crippen molar-refractivity contribution in [3.05, 3.63) is 35.9 Å². The summed E-state index contributed by atoms with van der Waals surface area (Å²) < 4.78 is 10.8. The Bertz CT molecular complexity index is 336. The molecule has 0 heterocycles. The highest BCUT2D eigenvalue weighted by Gasteiger charge is 2.09. The summed E-state index contributed by atoms with van der Waals surface area (Å²) in [6.45, 7) is 2.92. The number of benzene rings is 1. The van der Waals surface area contributed by atoms with E-state index in [0.717, 1.165) is 11.3 Å². The maximum atomic E-state index is 5.79. The average molecular weight is 221 g/mol. The molecule has 3 nitrogen and oxygen atoms in total. The first-order valence-electron chi connectivity index (χ1n) is 5.39. The molecule has 0 fully saturated rings. The second kappa shape index (κ2) is 7.04. The van der Waals surface area contributed by atoms with Crippen LogP contribution in [0.3, 0.4) is 0 Å². The number of allylic oxidation sites excluding steroid dienone is 1. The first kappa shape index (κ1) is 12.7. The molecule has 0 saturated heterocycles. The minimum absolute atomic E-state index is 0.101. The first-order chi connectivity index (χ1) is 7.81. The van der Waals surface area contributed by atoms with Gasteiger partial charge in [-0.05, 0) is 13.0 Å². The molecule has 1 aromatic rings. The Morgan fingerprint density at radius 3 is 2.75 bits per heavy atom. The third kappa shape index (κ3) is 3.68. The predicted octanol–water partition coefficient (Wildman–Crippen LogP) is 2.07. The Hall–Kier alpha value is -1.32. The molecule has 0 radical (unpaired) electrons. The second-order valence-corrected chi connectivity index (χ2v) is 3.47. The van der Waals surface area contributed by atoms with E-state index < -0.39 is 0 Å². The minimum Gasteiger partial charge on any atom is -0.486 e. The average Bonchev–Trinajstić information content (AvgIpc) is 2.31. The van der Waals surface area contributed by atoms with Gasteiger partial charge in [0.05, 0.1) is 6.61 Å². The number of para-hydroxylation sites is 1. The molecule has 0 saturated carbocycles. The van der Waals surface area contributed by atoms with Crippen molar-refractivity contribution >= 4 is 6.08 Å². The van der Waals surface area contributed by atoms with Gasteiger partial charge in [-0.25, -0.2) is 0 Å². The predicted molar refractivity (Wildman–Crippen MR) is 66.5 cm³/mol. The summed E-state index contributed by atoms with van der Waals surface area (Å²) >= 11 is 0. The third-order valence-corrected chi connectivity index (χ3v) is 2.17. The van der Waals surface area contributed by atoms with E-state index in [2.05, 4.69) is 0 Å². The van der Waals surface area contributed by atoms with E-state index in [1.165, 1.54) is 0 Å². The lowest BCUT2D eigenvalue weighted by atomic mass is 10.2. The molecule has 0 aliphatic carbocycles. The van der Waals surface area contributed by atoms with Crippen LogP contribution in [0.2, 0.25) is 0 Å². The van der Waals surface area contributed by atoms with Gasteiger partial charge in [-0.1, -0.05) is 30.4 Å². The zero-order chi connectivity index (χ0) is 11.8. The smallest absolute Gasteiger partial charge is 0.134 e. The maximum absolute atomic E-state index is 5.79. The number of hydrogen-bond donors (Lipinski definition) is 1. The molecule has 1 rings (SSSR count). The van der Waals surface area contributed by atoms with Crippen LogP contribution in [-0.2, 0) is 4.74 Å². The molecule has 0 aliphatic heterocycles. The Kier molecular flexibility index (Phi) is 5.61. The summed E-state index contributed by atoms with van der Waals surface area (Å²) in [5.41, 5.74) is 6.66. The van der Waals surface area contributed by atoms with Gasteiger partial charge < -0.3 is 15.2 Å². The SMILES string of the molecule is C/C=C/c1ccccc1OC(CN)COC. The van der Waals surface area contributed by atoms with Crippen molar-refractivity contribution < 1.29 is 9.47 Å². The summed E-state index contributed by atoms with van der Waals surface area (Å²) in [6.07, 6.45) is 3.89. The standard InChI is InChI=1S/C13H19NO2/c1-3-6-11-7-4-5-8-13(11)16-12(9-14)10-15-2/h3-8,12H,9-10,14H2,1-2H3/b6-3+. The van der Waals surface area contributed by atoms with Crippen LogP contribution in [0.4, 0.5) is 0 Å². The topological polar surface area (TPSA) is 44.5 Å². The zero-order valence-corrected chi connectivity index (χ0v) is 9.85. The molecule has 1 atom stereocenters. The lowest BCUT2D eigenvalue weighted by Crippen LogP contribution is -2.31. The molecule has 0 spiro atoms. The van der Waals surface area contributed by atoms with Gasteiger partial charge in [-0.2, -0.15) is 0 Å². The number of methoxy groups -OCH3 is 1. The first-order valence-corrected chi connectivity index (χ1v) is 5.39. The van der Waals surface area contributed by atoms with Crippen molar-refractivity contribution in [3.63, 3.8) is 0 Å². The van der Waals surface area contributed by atoms with Gasteiger partial charge >= 0.3 is 0 Å². The van der Waals surface area contributed by atoms with Gasteiger partial charge in [0.25, 0.3) is 0 Å². The Labute approximate surface area is 96.9 Å². The molecule has 3 heteroatoms. The minimum atomic E-state index is -0.101. The van der Waals surface area contributed by atoms with Crippen molar-refractivity contribution in [1.82, 2.24) is 0 Å². The molecule has 1 aromatic carbocycles. The highest BCUT2D eigenvalue weighted by Crippen LogP contribution is 2.20. The largest absolute Gasteiger partial charge is 0.486 e. The van der Waals surface area contributed by atoms with E-state index in [1.807, 2.05) is 43.3 Å². The number of rotatable bonds is 6. The normalized spacial score (nSPS) is 12.9. The molecule has 16 heavy (non-hydrogen) atoms. The fourth-order valence-electron chi connectivity index (χ4n) is 1.42. The third-order valence-electron chi connectivity index (χ3n) is 2.17. The van der Waals surface area contributed by atoms with Crippen LogP contribution in [0.5, 0.6) is 5.75 Å². The monoisotopic (exact) mass is 221 g/mol. The van der Waals surface area contributed by atoms with Crippen molar-refractivity contribution in [2.75, 3.05) is 20.3 Å². The zero-order valence-electron chi connectivity index (χ0n) is 9.85. The molecule has 88 valence electrons. The summed E-state index contributed by atoms with van der Waals surface area (Å²) in [4.78, 5) is 0. The van der Waals surface area contributed by atoms with Crippen LogP contribution in [0, 0.1) is 0 Å². The highest BCUT2D eigenvalue weighted by molar-refractivity contribution is 5.56. The van der Waals surface area contributed by atoms with E-state index in [-0.39, 0.29) is 6.10 Å². The summed E-state index contributed by atoms with van der Waals surface area (Å²) in [5, 5.41) is 0. The second-order valence-electron chi connectivity index (χ2n) is 3.47. The molecule has 2 N–H and O–H groups in total. The van der Waals surface area contributed by atoms with Gasteiger partial charge in [-0.3, -0.25) is 0 Å². The summed E-state index contributed by atoms with van der Waals surface area (Å²) in [6, 6.07) is 7.88. The van der Waals surface area contributed by atoms with Crippen molar-refractivity contribution in [3.8, 4) is 5.75 Å². The Morgan fingerprint density at radius 1 is 1.38 bits per heavy atom. The quantitative estimate of drug-likeness (QED) is 0.799. The molecule has 0 amide bonds. The van der Waals surface area contributed by atoms with Crippen molar-refractivity contribution in [2.24, 2.45) is 5.73 Å². The van der Waals surface area contributed by atoms with Crippen LogP contribution in [0.15, 0.2) is 30.3 Å². The van der Waals surface area contributed by atoms with Crippen molar-refractivity contribution in [1.29, 1.82) is 0 Å². The van der Waals surface area contributed by atoms with Crippen molar-refractivity contribution in [2.45, 2.75) is 13.0 Å². The molecular formula is C13H19NO2. The number of ether oxygens (including phenoxy) is 2. The summed E-state index contributed by atoms with van der Waals surface area (Å²) in [7, 11) is 1.64.